The second-order valence-corrected chi connectivity index (χ2v) is 10.3. The van der Waals surface area contributed by atoms with Gasteiger partial charge in [-0.05, 0) is 55.0 Å². The van der Waals surface area contributed by atoms with Crippen molar-refractivity contribution in [2.75, 3.05) is 30.0 Å². The van der Waals surface area contributed by atoms with Gasteiger partial charge in [0.1, 0.15) is 5.82 Å². The first-order valence-corrected chi connectivity index (χ1v) is 11.5. The Morgan fingerprint density at radius 3 is 2.58 bits per heavy atom. The van der Waals surface area contributed by atoms with Gasteiger partial charge in [0.25, 0.3) is 0 Å². The van der Waals surface area contributed by atoms with Crippen molar-refractivity contribution in [1.82, 2.24) is 14.3 Å². The fourth-order valence-corrected chi connectivity index (χ4v) is 4.77. The predicted molar refractivity (Wildman–Crippen MR) is 105 cm³/mol. The number of aromatic nitrogens is 2. The number of aliphatic hydroxyl groups is 1. The highest BCUT2D eigenvalue weighted by molar-refractivity contribution is 9.10. The van der Waals surface area contributed by atoms with Crippen molar-refractivity contribution in [1.29, 1.82) is 0 Å². The first-order chi connectivity index (χ1) is 12.1. The smallest absolute Gasteiger partial charge is 0.224 e. The molecule has 0 spiro atoms. The Hall–Kier alpha value is -0.970. The molecule has 1 aliphatic heterocycles. The minimum atomic E-state index is -3.12. The van der Waals surface area contributed by atoms with E-state index in [9.17, 15) is 13.5 Å². The Kier molecular flexibility index (Phi) is 5.76. The van der Waals surface area contributed by atoms with Gasteiger partial charge < -0.3 is 15.7 Å². The summed E-state index contributed by atoms with van der Waals surface area (Å²) >= 11 is 3.46. The van der Waals surface area contributed by atoms with Gasteiger partial charge in [0.2, 0.25) is 16.0 Å². The maximum absolute atomic E-state index is 11.6. The summed E-state index contributed by atoms with van der Waals surface area (Å²) in [6.45, 7) is 2.85. The molecule has 1 saturated carbocycles. The van der Waals surface area contributed by atoms with Gasteiger partial charge in [-0.25, -0.2) is 17.7 Å². The van der Waals surface area contributed by atoms with Gasteiger partial charge in [0.05, 0.1) is 22.4 Å². The van der Waals surface area contributed by atoms with Gasteiger partial charge in [-0.1, -0.05) is 0 Å². The van der Waals surface area contributed by atoms with Crippen LogP contribution in [0.1, 0.15) is 39.0 Å². The summed E-state index contributed by atoms with van der Waals surface area (Å²) in [6, 6.07) is 0.0937. The molecule has 10 heteroatoms. The van der Waals surface area contributed by atoms with E-state index < -0.39 is 15.6 Å². The second-order valence-electron chi connectivity index (χ2n) is 7.42. The molecule has 1 aromatic heterocycles. The molecule has 2 aliphatic rings. The van der Waals surface area contributed by atoms with E-state index in [0.29, 0.717) is 37.7 Å². The number of nitrogens with zero attached hydrogens (tertiary/aromatic N) is 3. The number of hydrogen-bond donors (Lipinski definition) is 3. The highest BCUT2D eigenvalue weighted by Crippen LogP contribution is 2.33. The molecule has 2 heterocycles. The van der Waals surface area contributed by atoms with E-state index >= 15 is 0 Å². The molecule has 3 rings (SSSR count). The van der Waals surface area contributed by atoms with E-state index in [1.54, 1.807) is 6.20 Å². The largest absolute Gasteiger partial charge is 0.388 e. The molecule has 26 heavy (non-hydrogen) atoms. The highest BCUT2D eigenvalue weighted by Gasteiger charge is 2.37. The van der Waals surface area contributed by atoms with Crippen molar-refractivity contribution < 1.29 is 13.5 Å². The summed E-state index contributed by atoms with van der Waals surface area (Å²) in [7, 11) is -3.12. The SMILES string of the molecule is CC1(O)CCCC1Nc1nc(NC2CCN(S(C)(=O)=O)CC2)ncc1Br. The van der Waals surface area contributed by atoms with E-state index in [1.807, 2.05) is 6.92 Å². The van der Waals surface area contributed by atoms with Gasteiger partial charge >= 0.3 is 0 Å². The lowest BCUT2D eigenvalue weighted by molar-refractivity contribution is 0.0577. The van der Waals surface area contributed by atoms with Crippen molar-refractivity contribution in [3.63, 3.8) is 0 Å². The molecule has 8 nitrogen and oxygen atoms in total. The van der Waals surface area contributed by atoms with E-state index in [-0.39, 0.29) is 12.1 Å². The van der Waals surface area contributed by atoms with Crippen LogP contribution in [0.25, 0.3) is 0 Å². The first kappa shape index (κ1) is 19.8. The zero-order valence-electron chi connectivity index (χ0n) is 15.1. The Morgan fingerprint density at radius 2 is 2.00 bits per heavy atom. The summed E-state index contributed by atoms with van der Waals surface area (Å²) < 4.78 is 25.4. The Morgan fingerprint density at radius 1 is 1.31 bits per heavy atom. The summed E-state index contributed by atoms with van der Waals surface area (Å²) in [4.78, 5) is 8.85. The lowest BCUT2D eigenvalue weighted by Crippen LogP contribution is -2.42. The number of nitrogens with one attached hydrogen (secondary N) is 2. The molecule has 2 unspecified atom stereocenters. The monoisotopic (exact) mass is 447 g/mol. The normalized spacial score (nSPS) is 28.2. The van der Waals surface area contributed by atoms with Crippen LogP contribution in [0.15, 0.2) is 10.7 Å². The van der Waals surface area contributed by atoms with Crippen LogP contribution in [0.2, 0.25) is 0 Å². The van der Waals surface area contributed by atoms with Gasteiger partial charge in [-0.15, -0.1) is 0 Å². The number of sulfonamides is 1. The van der Waals surface area contributed by atoms with Gasteiger partial charge in [-0.3, -0.25) is 0 Å². The number of halogens is 1. The average Bonchev–Trinajstić information content (AvgIpc) is 2.89. The molecule has 1 aromatic rings. The van der Waals surface area contributed by atoms with E-state index in [1.165, 1.54) is 10.6 Å². The Bertz CT molecular complexity index is 750. The molecular weight excluding hydrogens is 422 g/mol. The molecule has 146 valence electrons. The van der Waals surface area contributed by atoms with Crippen molar-refractivity contribution in [2.24, 2.45) is 0 Å². The summed E-state index contributed by atoms with van der Waals surface area (Å²) in [6.07, 6.45) is 7.02. The molecule has 0 bridgehead atoms. The lowest BCUT2D eigenvalue weighted by atomic mass is 10.0. The fourth-order valence-electron chi connectivity index (χ4n) is 3.59. The summed E-state index contributed by atoms with van der Waals surface area (Å²) in [5.41, 5.74) is -0.740. The van der Waals surface area contributed by atoms with Gasteiger partial charge in [0, 0.05) is 25.3 Å². The molecule has 0 radical (unpaired) electrons. The van der Waals surface area contributed by atoms with E-state index in [2.05, 4.69) is 36.5 Å². The highest BCUT2D eigenvalue weighted by atomic mass is 79.9. The molecule has 2 atom stereocenters. The fraction of sp³-hybridized carbons (Fsp3) is 0.750. The molecule has 3 N–H and O–H groups in total. The van der Waals surface area contributed by atoms with Crippen LogP contribution in [0.5, 0.6) is 0 Å². The zero-order chi connectivity index (χ0) is 18.9. The standard InChI is InChI=1S/C16H26BrN5O3S/c1-16(23)7-3-4-13(16)20-14-12(17)10-18-15(21-14)19-11-5-8-22(9-6-11)26(2,24)25/h10-11,13,23H,3-9H2,1-2H3,(H2,18,19,20,21). The van der Waals surface area contributed by atoms with Crippen LogP contribution in [-0.2, 0) is 10.0 Å². The third-order valence-corrected chi connectivity index (χ3v) is 7.12. The average molecular weight is 448 g/mol. The van der Waals surface area contributed by atoms with Crippen LogP contribution in [-0.4, -0.2) is 64.8 Å². The first-order valence-electron chi connectivity index (χ1n) is 8.88. The third kappa shape index (κ3) is 4.65. The summed E-state index contributed by atoms with van der Waals surface area (Å²) in [5.74, 6) is 1.16. The Labute approximate surface area is 163 Å². The molecule has 0 amide bonds. The molecule has 1 aliphatic carbocycles. The maximum atomic E-state index is 11.6. The quantitative estimate of drug-likeness (QED) is 0.631. The molecular formula is C16H26BrN5O3S. The second kappa shape index (κ2) is 7.57. The van der Waals surface area contributed by atoms with Crippen LogP contribution >= 0.6 is 15.9 Å². The van der Waals surface area contributed by atoms with Crippen LogP contribution in [0.4, 0.5) is 11.8 Å². The van der Waals surface area contributed by atoms with E-state index in [0.717, 1.165) is 23.7 Å². The van der Waals surface area contributed by atoms with Crippen molar-refractivity contribution >= 4 is 37.7 Å². The number of anilines is 2. The Balaban J connectivity index is 1.63. The van der Waals surface area contributed by atoms with Crippen LogP contribution in [0.3, 0.4) is 0 Å². The zero-order valence-corrected chi connectivity index (χ0v) is 17.5. The molecule has 2 fully saturated rings. The number of hydrogen-bond acceptors (Lipinski definition) is 7. The van der Waals surface area contributed by atoms with Crippen LogP contribution < -0.4 is 10.6 Å². The van der Waals surface area contributed by atoms with Gasteiger partial charge in [-0.2, -0.15) is 4.98 Å². The molecule has 1 saturated heterocycles. The number of rotatable bonds is 5. The van der Waals surface area contributed by atoms with E-state index in [4.69, 9.17) is 0 Å². The molecule has 0 aromatic carbocycles. The van der Waals surface area contributed by atoms with Crippen molar-refractivity contribution in [3.05, 3.63) is 10.7 Å². The van der Waals surface area contributed by atoms with Crippen molar-refractivity contribution in [2.45, 2.75) is 56.7 Å². The van der Waals surface area contributed by atoms with Crippen LogP contribution in [0, 0.1) is 0 Å². The third-order valence-electron chi connectivity index (χ3n) is 5.24. The lowest BCUT2D eigenvalue weighted by Gasteiger charge is -2.31. The minimum absolute atomic E-state index is 0.0421. The summed E-state index contributed by atoms with van der Waals surface area (Å²) in [5, 5.41) is 17.1. The predicted octanol–water partition coefficient (Wildman–Crippen LogP) is 1.79. The van der Waals surface area contributed by atoms with Crippen molar-refractivity contribution in [3.8, 4) is 0 Å². The minimum Gasteiger partial charge on any atom is -0.388 e. The topological polar surface area (TPSA) is 107 Å². The van der Waals surface area contributed by atoms with Gasteiger partial charge in [0.15, 0.2) is 0 Å². The maximum Gasteiger partial charge on any atom is 0.224 e. The number of piperidine rings is 1.